The van der Waals surface area contributed by atoms with E-state index in [0.717, 1.165) is 0 Å². The van der Waals surface area contributed by atoms with Gasteiger partial charge < -0.3 is 11.6 Å². The maximum atomic E-state index is 8.56. The van der Waals surface area contributed by atoms with Crippen molar-refractivity contribution in [1.29, 1.82) is 0 Å². The molecule has 0 aromatic carbocycles. The predicted octanol–water partition coefficient (Wildman–Crippen LogP) is -2.66. The molecule has 0 aromatic heterocycles. The van der Waals surface area contributed by atoms with Gasteiger partial charge in [-0.2, -0.15) is 0 Å². The third kappa shape index (κ3) is 92.9. The maximum Gasteiger partial charge on any atom is 1.00 e. The summed E-state index contributed by atoms with van der Waals surface area (Å²) in [6.07, 6.45) is -1.83. The monoisotopic (exact) mass is 189 g/mol. The molecule has 2 N–H and O–H groups in total. The molecular weight excluding hydrogens is 186 g/mol. The molecule has 0 heterocycles. The van der Waals surface area contributed by atoms with Gasteiger partial charge in [-0.15, -0.1) is 0 Å². The van der Waals surface area contributed by atoms with Crippen molar-refractivity contribution in [2.24, 2.45) is 0 Å². The molecule has 0 aliphatic heterocycles. The zero-order valence-electron chi connectivity index (χ0n) is 4.14. The Bertz CT molecular complexity index is 37.9. The maximum absolute atomic E-state index is 8.56. The SMILES string of the molecule is O=C(O)O.[H-].[Na+].[Rh]. The van der Waals surface area contributed by atoms with Gasteiger partial charge in [0.15, 0.2) is 0 Å². The van der Waals surface area contributed by atoms with E-state index in [1.54, 1.807) is 0 Å². The summed E-state index contributed by atoms with van der Waals surface area (Å²) in [6.45, 7) is 0. The largest absolute Gasteiger partial charge is 1.00 e. The van der Waals surface area contributed by atoms with Crippen LogP contribution in [0.25, 0.3) is 0 Å². The summed E-state index contributed by atoms with van der Waals surface area (Å²) in [5.74, 6) is 0. The van der Waals surface area contributed by atoms with Gasteiger partial charge in [0.25, 0.3) is 0 Å². The average Bonchev–Trinajstić information content (AvgIpc) is 0.811. The molecule has 0 fully saturated rings. The van der Waals surface area contributed by atoms with E-state index in [4.69, 9.17) is 15.0 Å². The van der Waals surface area contributed by atoms with Crippen molar-refractivity contribution in [2.75, 3.05) is 0 Å². The molecule has 0 aliphatic rings. The van der Waals surface area contributed by atoms with Gasteiger partial charge in [0.2, 0.25) is 0 Å². The van der Waals surface area contributed by atoms with Crippen LogP contribution in [0.3, 0.4) is 0 Å². The van der Waals surface area contributed by atoms with Crippen molar-refractivity contribution < 1.29 is 65.5 Å². The molecule has 0 spiro atoms. The van der Waals surface area contributed by atoms with E-state index in [2.05, 4.69) is 0 Å². The molecule has 0 amide bonds. The van der Waals surface area contributed by atoms with E-state index in [1.807, 2.05) is 0 Å². The Morgan fingerprint density at radius 2 is 1.50 bits per heavy atom. The Hall–Kier alpha value is 0.893. The smallest absolute Gasteiger partial charge is 1.00 e. The van der Waals surface area contributed by atoms with Crippen molar-refractivity contribution in [3.8, 4) is 0 Å². The number of carbonyl (C=O) groups is 1. The summed E-state index contributed by atoms with van der Waals surface area (Å²) in [5, 5.41) is 13.9. The fourth-order valence-electron chi connectivity index (χ4n) is 0. The first-order valence-corrected chi connectivity index (χ1v) is 0.651. The molecule has 35 valence electrons. The first-order valence-electron chi connectivity index (χ1n) is 0.651. The first-order chi connectivity index (χ1) is 1.73. The van der Waals surface area contributed by atoms with Crippen LogP contribution >= 0.6 is 0 Å². The van der Waals surface area contributed by atoms with Crippen LogP contribution in [-0.2, 0) is 19.5 Å². The van der Waals surface area contributed by atoms with Crippen LogP contribution in [0.1, 0.15) is 1.43 Å². The van der Waals surface area contributed by atoms with Crippen LogP contribution in [0.15, 0.2) is 0 Å². The molecule has 3 nitrogen and oxygen atoms in total. The Labute approximate surface area is 71.3 Å². The van der Waals surface area contributed by atoms with Crippen molar-refractivity contribution in [3.05, 3.63) is 0 Å². The fraction of sp³-hybridized carbons (Fsp3) is 0. The molecule has 0 atom stereocenters. The topological polar surface area (TPSA) is 57.5 Å². The van der Waals surface area contributed by atoms with Crippen LogP contribution < -0.4 is 29.6 Å². The van der Waals surface area contributed by atoms with E-state index in [1.165, 1.54) is 0 Å². The fourth-order valence-corrected chi connectivity index (χ4v) is 0. The summed E-state index contributed by atoms with van der Waals surface area (Å²) in [5.41, 5.74) is 0. The summed E-state index contributed by atoms with van der Waals surface area (Å²) >= 11 is 0. The molecule has 0 aromatic rings. The minimum atomic E-state index is -1.83. The summed E-state index contributed by atoms with van der Waals surface area (Å²) < 4.78 is 0. The van der Waals surface area contributed by atoms with Crippen LogP contribution in [-0.4, -0.2) is 16.4 Å². The van der Waals surface area contributed by atoms with Crippen LogP contribution in [0.4, 0.5) is 4.79 Å². The van der Waals surface area contributed by atoms with E-state index in [-0.39, 0.29) is 50.5 Å². The Kier molecular flexibility index (Phi) is 24.5. The zero-order valence-corrected chi connectivity index (χ0v) is 6.77. The Balaban J connectivity index is -0.0000000150. The third-order valence-corrected chi connectivity index (χ3v) is 0. The van der Waals surface area contributed by atoms with Gasteiger partial charge in [-0.25, -0.2) is 4.79 Å². The summed E-state index contributed by atoms with van der Waals surface area (Å²) in [4.78, 5) is 8.56. The van der Waals surface area contributed by atoms with Gasteiger partial charge in [-0.05, 0) is 0 Å². The second kappa shape index (κ2) is 9.31. The molecule has 0 unspecified atom stereocenters. The quantitative estimate of drug-likeness (QED) is 0.409. The summed E-state index contributed by atoms with van der Waals surface area (Å²) in [6, 6.07) is 0. The van der Waals surface area contributed by atoms with E-state index < -0.39 is 6.16 Å². The molecule has 0 rings (SSSR count). The second-order valence-electron chi connectivity index (χ2n) is 0.283. The van der Waals surface area contributed by atoms with Crippen LogP contribution in [0.2, 0.25) is 0 Å². The number of hydrogen-bond donors (Lipinski definition) is 2. The van der Waals surface area contributed by atoms with Gasteiger partial charge in [-0.1, -0.05) is 0 Å². The van der Waals surface area contributed by atoms with Crippen molar-refractivity contribution >= 4 is 6.16 Å². The standard InChI is InChI=1S/CH2O3.Na.Rh.H/c2-1(3)4;;;/h(H2,2,3,4);;;/q;+1;;-1. The van der Waals surface area contributed by atoms with Gasteiger partial charge in [0.05, 0.1) is 0 Å². The molecule has 0 bridgehead atoms. The molecule has 0 saturated heterocycles. The first kappa shape index (κ1) is 15.8. The van der Waals surface area contributed by atoms with Gasteiger partial charge in [-0.3, -0.25) is 0 Å². The Morgan fingerprint density at radius 1 is 1.50 bits per heavy atom. The second-order valence-corrected chi connectivity index (χ2v) is 0.283. The van der Waals surface area contributed by atoms with E-state index in [9.17, 15) is 0 Å². The average molecular weight is 189 g/mol. The number of carboxylic acid groups (broad SMARTS) is 2. The molecule has 0 saturated carbocycles. The van der Waals surface area contributed by atoms with Gasteiger partial charge >= 0.3 is 35.7 Å². The Morgan fingerprint density at radius 3 is 1.50 bits per heavy atom. The van der Waals surface area contributed by atoms with Crippen molar-refractivity contribution in [3.63, 3.8) is 0 Å². The van der Waals surface area contributed by atoms with Crippen LogP contribution in [0.5, 0.6) is 0 Å². The third-order valence-electron chi connectivity index (χ3n) is 0. The molecule has 6 heavy (non-hydrogen) atoms. The van der Waals surface area contributed by atoms with Gasteiger partial charge in [0, 0.05) is 19.5 Å². The minimum absolute atomic E-state index is 0. The van der Waals surface area contributed by atoms with Crippen LogP contribution in [0, 0.1) is 0 Å². The van der Waals surface area contributed by atoms with E-state index in [0.29, 0.717) is 0 Å². The van der Waals surface area contributed by atoms with E-state index >= 15 is 0 Å². The minimum Gasteiger partial charge on any atom is -1.00 e. The molecule has 1 radical (unpaired) electrons. The summed E-state index contributed by atoms with van der Waals surface area (Å²) in [7, 11) is 0. The molecule has 5 heteroatoms. The predicted molar refractivity (Wildman–Crippen MR) is 11.8 cm³/mol. The molecule has 0 aliphatic carbocycles. The van der Waals surface area contributed by atoms with Gasteiger partial charge in [0.1, 0.15) is 0 Å². The normalized spacial score (nSPS) is 4.00. The zero-order chi connectivity index (χ0) is 3.58. The van der Waals surface area contributed by atoms with Crippen molar-refractivity contribution in [1.82, 2.24) is 0 Å². The number of rotatable bonds is 0. The van der Waals surface area contributed by atoms with Crippen molar-refractivity contribution in [2.45, 2.75) is 0 Å². The number of hydrogen-bond acceptors (Lipinski definition) is 1. The molecular formula is CH3NaO3Rh.